The van der Waals surface area contributed by atoms with Crippen LogP contribution in [0.2, 0.25) is 0 Å². The van der Waals surface area contributed by atoms with Crippen LogP contribution in [0.15, 0.2) is 6.33 Å². The molecule has 42 valence electrons. The number of hydrogen-bond acceptors (Lipinski definition) is 4. The Kier molecular flexibility index (Phi) is 1.21. The molecule has 8 heavy (non-hydrogen) atoms. The molecule has 0 radical (unpaired) electrons. The number of nitrogens with one attached hydrogen (secondary N) is 1. The van der Waals surface area contributed by atoms with Crippen molar-refractivity contribution in [2.45, 2.75) is 0 Å². The van der Waals surface area contributed by atoms with Gasteiger partial charge in [-0.1, -0.05) is 0 Å². The second-order valence-corrected chi connectivity index (χ2v) is 1.40. The lowest BCUT2D eigenvalue weighted by Crippen LogP contribution is -2.02. The molecule has 1 aromatic heterocycles. The van der Waals surface area contributed by atoms with Crippen LogP contribution in [0.3, 0.4) is 0 Å². The fourth-order valence-electron chi connectivity index (χ4n) is 0.251. The average molecular weight is 132 g/mol. The van der Waals surface area contributed by atoms with E-state index in [1.807, 2.05) is 0 Å². The molecule has 0 bridgehead atoms. The Labute approximate surface area is 49.8 Å². The predicted molar refractivity (Wildman–Crippen MR) is 26.8 cm³/mol. The Balaban J connectivity index is 2.93. The van der Waals surface area contributed by atoms with E-state index in [1.54, 1.807) is 0 Å². The average Bonchev–Trinajstić information content (AvgIpc) is 2.12. The maximum atomic E-state index is 6.74. The lowest BCUT2D eigenvalue weighted by molar-refractivity contribution is 0.823. The smallest absolute Gasteiger partial charge is 0.219 e. The van der Waals surface area contributed by atoms with Gasteiger partial charge in [0.2, 0.25) is 5.29 Å². The molecule has 0 aromatic carbocycles. The topological polar surface area (TPSA) is 67.5 Å². The summed E-state index contributed by atoms with van der Waals surface area (Å²) in [5, 5.41) is 16.3. The minimum Gasteiger partial charge on any atom is -0.272 e. The number of tetrazole rings is 1. The van der Waals surface area contributed by atoms with Gasteiger partial charge in [-0.05, 0) is 22.0 Å². The fourth-order valence-corrected chi connectivity index (χ4v) is 0.329. The van der Waals surface area contributed by atoms with Crippen molar-refractivity contribution < 1.29 is 0 Å². The van der Waals surface area contributed by atoms with Gasteiger partial charge in [-0.15, -0.1) is 5.10 Å². The van der Waals surface area contributed by atoms with Gasteiger partial charge in [-0.2, -0.15) is 4.68 Å². The summed E-state index contributed by atoms with van der Waals surface area (Å²) in [7, 11) is 0. The van der Waals surface area contributed by atoms with Crippen LogP contribution in [0.25, 0.3) is 0 Å². The van der Waals surface area contributed by atoms with Crippen LogP contribution in [0.5, 0.6) is 0 Å². The minimum atomic E-state index is -0.213. The summed E-state index contributed by atoms with van der Waals surface area (Å²) in [6, 6.07) is 0. The zero-order valence-corrected chi connectivity index (χ0v) is 4.50. The highest BCUT2D eigenvalue weighted by molar-refractivity contribution is 6.64. The number of halogens is 1. The summed E-state index contributed by atoms with van der Waals surface area (Å²) < 4.78 is 1.04. The summed E-state index contributed by atoms with van der Waals surface area (Å²) in [6.07, 6.45) is 1.25. The molecule has 0 saturated carbocycles. The van der Waals surface area contributed by atoms with E-state index < -0.39 is 0 Å². The van der Waals surface area contributed by atoms with E-state index in [9.17, 15) is 0 Å². The van der Waals surface area contributed by atoms with Gasteiger partial charge in [0.15, 0.2) is 0 Å². The van der Waals surface area contributed by atoms with E-state index in [0.29, 0.717) is 0 Å². The van der Waals surface area contributed by atoms with Crippen LogP contribution in [-0.4, -0.2) is 25.5 Å². The molecule has 0 amide bonds. The van der Waals surface area contributed by atoms with Gasteiger partial charge in [-0.3, -0.25) is 5.41 Å². The molecular weight excluding hydrogens is 130 g/mol. The molecule has 5 nitrogen and oxygen atoms in total. The van der Waals surface area contributed by atoms with Crippen molar-refractivity contribution >= 4 is 16.9 Å². The third-order valence-electron chi connectivity index (χ3n) is 0.550. The number of aromatic nitrogens is 4. The Morgan fingerprint density at radius 1 is 1.75 bits per heavy atom. The van der Waals surface area contributed by atoms with E-state index in [1.165, 1.54) is 6.33 Å². The van der Waals surface area contributed by atoms with Crippen molar-refractivity contribution in [1.82, 2.24) is 20.2 Å². The monoisotopic (exact) mass is 131 g/mol. The highest BCUT2D eigenvalue weighted by atomic mass is 35.5. The molecule has 0 aliphatic heterocycles. The van der Waals surface area contributed by atoms with E-state index in [-0.39, 0.29) is 5.29 Å². The third-order valence-corrected chi connectivity index (χ3v) is 0.723. The summed E-state index contributed by atoms with van der Waals surface area (Å²) in [6.45, 7) is 0. The first-order valence-corrected chi connectivity index (χ1v) is 2.16. The first-order valence-electron chi connectivity index (χ1n) is 1.78. The van der Waals surface area contributed by atoms with Crippen molar-refractivity contribution in [3.05, 3.63) is 6.33 Å². The zero-order chi connectivity index (χ0) is 5.98. The van der Waals surface area contributed by atoms with Crippen molar-refractivity contribution in [1.29, 1.82) is 5.41 Å². The van der Waals surface area contributed by atoms with Gasteiger partial charge < -0.3 is 0 Å². The van der Waals surface area contributed by atoms with Crippen LogP contribution in [0.4, 0.5) is 0 Å². The lowest BCUT2D eigenvalue weighted by atomic mass is 11.2. The van der Waals surface area contributed by atoms with Crippen LogP contribution in [-0.2, 0) is 0 Å². The molecule has 0 spiro atoms. The molecule has 0 fully saturated rings. The Bertz CT molecular complexity index is 178. The quantitative estimate of drug-likeness (QED) is 0.388. The molecule has 1 rings (SSSR count). The van der Waals surface area contributed by atoms with Gasteiger partial charge >= 0.3 is 0 Å². The van der Waals surface area contributed by atoms with Gasteiger partial charge in [0.25, 0.3) is 0 Å². The largest absolute Gasteiger partial charge is 0.272 e. The predicted octanol–water partition coefficient (Wildman–Crippen LogP) is -0.305. The Morgan fingerprint density at radius 2 is 2.50 bits per heavy atom. The summed E-state index contributed by atoms with van der Waals surface area (Å²) in [4.78, 5) is 0. The van der Waals surface area contributed by atoms with Crippen LogP contribution < -0.4 is 0 Å². The van der Waals surface area contributed by atoms with E-state index in [2.05, 4.69) is 15.5 Å². The molecule has 0 unspecified atom stereocenters. The van der Waals surface area contributed by atoms with Crippen LogP contribution >= 0.6 is 11.6 Å². The number of nitrogens with zero attached hydrogens (tertiary/aromatic N) is 4. The SMILES string of the molecule is N=C(Cl)n1cnnn1. The highest BCUT2D eigenvalue weighted by Crippen LogP contribution is 1.80. The normalized spacial score (nSPS) is 9.12. The molecule has 1 aromatic rings. The maximum absolute atomic E-state index is 6.74. The molecule has 0 saturated heterocycles. The molecule has 0 aliphatic carbocycles. The first-order chi connectivity index (χ1) is 3.80. The molecule has 6 heteroatoms. The van der Waals surface area contributed by atoms with Crippen LogP contribution in [0, 0.1) is 5.41 Å². The summed E-state index contributed by atoms with van der Waals surface area (Å²) in [5.74, 6) is 0. The van der Waals surface area contributed by atoms with Gasteiger partial charge in [0, 0.05) is 0 Å². The van der Waals surface area contributed by atoms with Gasteiger partial charge in [-0.25, -0.2) is 0 Å². The molecular formula is C2H2ClN5. The molecule has 1 N–H and O–H groups in total. The van der Waals surface area contributed by atoms with E-state index in [0.717, 1.165) is 4.68 Å². The minimum absolute atomic E-state index is 0.213. The number of hydrogen-bond donors (Lipinski definition) is 1. The van der Waals surface area contributed by atoms with Crippen molar-refractivity contribution in [3.8, 4) is 0 Å². The fraction of sp³-hybridized carbons (Fsp3) is 0. The molecule has 1 heterocycles. The van der Waals surface area contributed by atoms with Crippen molar-refractivity contribution in [2.75, 3.05) is 0 Å². The maximum Gasteiger partial charge on any atom is 0.219 e. The molecule has 0 atom stereocenters. The number of rotatable bonds is 0. The first kappa shape index (κ1) is 5.17. The second-order valence-electron chi connectivity index (χ2n) is 1.05. The van der Waals surface area contributed by atoms with Gasteiger partial charge in [0.1, 0.15) is 6.33 Å². The van der Waals surface area contributed by atoms with E-state index in [4.69, 9.17) is 17.0 Å². The second kappa shape index (κ2) is 1.87. The summed E-state index contributed by atoms with van der Waals surface area (Å²) >= 11 is 5.15. The standard InChI is InChI=1S/C2H2ClN5/c3-2(4)8-1-5-6-7-8/h1,4H. The Hall–Kier alpha value is -0.970. The zero-order valence-electron chi connectivity index (χ0n) is 3.74. The van der Waals surface area contributed by atoms with Crippen molar-refractivity contribution in [3.63, 3.8) is 0 Å². The lowest BCUT2D eigenvalue weighted by Gasteiger charge is -1.84. The van der Waals surface area contributed by atoms with Gasteiger partial charge in [0.05, 0.1) is 0 Å². The van der Waals surface area contributed by atoms with Crippen LogP contribution in [0.1, 0.15) is 0 Å². The molecule has 0 aliphatic rings. The Morgan fingerprint density at radius 3 is 2.75 bits per heavy atom. The third kappa shape index (κ3) is 0.812. The summed E-state index contributed by atoms with van der Waals surface area (Å²) in [5.41, 5.74) is 0. The van der Waals surface area contributed by atoms with E-state index >= 15 is 0 Å². The highest BCUT2D eigenvalue weighted by Gasteiger charge is 1.92. The van der Waals surface area contributed by atoms with Crippen molar-refractivity contribution in [2.24, 2.45) is 0 Å².